The molecule has 150 valence electrons. The first kappa shape index (κ1) is 21.0. The van der Waals surface area contributed by atoms with Gasteiger partial charge in [0.15, 0.2) is 5.96 Å². The molecule has 0 aromatic carbocycles. The second-order valence-electron chi connectivity index (χ2n) is 7.33. The van der Waals surface area contributed by atoms with E-state index in [0.29, 0.717) is 18.4 Å². The standard InChI is InChI=1S/C19H37N5O2/c1-4-21-19(22-15-17-6-5-9-23(17)12-13-26-3)24-10-7-16(8-11-24)14-18(25)20-2/h16-17H,4-15H2,1-3H3,(H,20,25)(H,21,22). The number of piperidine rings is 1. The van der Waals surface area contributed by atoms with Crippen molar-refractivity contribution in [3.8, 4) is 0 Å². The van der Waals surface area contributed by atoms with Crippen molar-refractivity contribution in [3.05, 3.63) is 0 Å². The Kier molecular flexibility index (Phi) is 9.18. The van der Waals surface area contributed by atoms with Crippen molar-refractivity contribution in [2.24, 2.45) is 10.9 Å². The first-order chi connectivity index (χ1) is 12.7. The highest BCUT2D eigenvalue weighted by Gasteiger charge is 2.26. The van der Waals surface area contributed by atoms with E-state index in [9.17, 15) is 4.79 Å². The zero-order valence-electron chi connectivity index (χ0n) is 16.8. The zero-order valence-corrected chi connectivity index (χ0v) is 16.8. The van der Waals surface area contributed by atoms with E-state index >= 15 is 0 Å². The van der Waals surface area contributed by atoms with Crippen LogP contribution in [0.3, 0.4) is 0 Å². The predicted molar refractivity (Wildman–Crippen MR) is 105 cm³/mol. The first-order valence-electron chi connectivity index (χ1n) is 10.1. The topological polar surface area (TPSA) is 69.2 Å². The molecule has 0 bridgehead atoms. The van der Waals surface area contributed by atoms with Crippen LogP contribution in [-0.2, 0) is 9.53 Å². The molecule has 0 aliphatic carbocycles. The van der Waals surface area contributed by atoms with Crippen LogP contribution >= 0.6 is 0 Å². The first-order valence-corrected chi connectivity index (χ1v) is 10.1. The van der Waals surface area contributed by atoms with Gasteiger partial charge in [0.25, 0.3) is 0 Å². The normalized spacial score (nSPS) is 22.7. The molecular weight excluding hydrogens is 330 g/mol. The van der Waals surface area contributed by atoms with E-state index < -0.39 is 0 Å². The van der Waals surface area contributed by atoms with Crippen LogP contribution in [0.2, 0.25) is 0 Å². The summed E-state index contributed by atoms with van der Waals surface area (Å²) in [6, 6.07) is 0.532. The highest BCUT2D eigenvalue weighted by atomic mass is 16.5. The number of guanidine groups is 1. The number of likely N-dealkylation sites (tertiary alicyclic amines) is 2. The molecule has 7 heteroatoms. The molecule has 0 radical (unpaired) electrons. The number of hydrogen-bond donors (Lipinski definition) is 2. The maximum Gasteiger partial charge on any atom is 0.220 e. The van der Waals surface area contributed by atoms with Gasteiger partial charge in [0.05, 0.1) is 13.2 Å². The number of amides is 1. The third-order valence-corrected chi connectivity index (χ3v) is 5.54. The third-order valence-electron chi connectivity index (χ3n) is 5.54. The largest absolute Gasteiger partial charge is 0.383 e. The summed E-state index contributed by atoms with van der Waals surface area (Å²) in [7, 11) is 3.48. The number of carbonyl (C=O) groups excluding carboxylic acids is 1. The Hall–Kier alpha value is -1.34. The third kappa shape index (κ3) is 6.43. The molecule has 2 fully saturated rings. The summed E-state index contributed by atoms with van der Waals surface area (Å²) in [6.45, 7) is 8.76. The second-order valence-corrected chi connectivity index (χ2v) is 7.33. The fourth-order valence-corrected chi connectivity index (χ4v) is 3.94. The monoisotopic (exact) mass is 367 g/mol. The summed E-state index contributed by atoms with van der Waals surface area (Å²) in [6.07, 6.45) is 5.24. The lowest BCUT2D eigenvalue weighted by Crippen LogP contribution is -2.46. The molecule has 0 saturated carbocycles. The smallest absolute Gasteiger partial charge is 0.220 e. The van der Waals surface area contributed by atoms with E-state index in [1.165, 1.54) is 12.8 Å². The lowest BCUT2D eigenvalue weighted by atomic mass is 9.93. The van der Waals surface area contributed by atoms with Gasteiger partial charge in [-0.05, 0) is 45.1 Å². The van der Waals surface area contributed by atoms with E-state index in [0.717, 1.165) is 64.7 Å². The van der Waals surface area contributed by atoms with Crippen molar-refractivity contribution in [1.29, 1.82) is 0 Å². The molecule has 2 N–H and O–H groups in total. The molecule has 1 unspecified atom stereocenters. The van der Waals surface area contributed by atoms with Crippen molar-refractivity contribution in [3.63, 3.8) is 0 Å². The van der Waals surface area contributed by atoms with Gasteiger partial charge in [0.1, 0.15) is 0 Å². The maximum absolute atomic E-state index is 11.6. The summed E-state index contributed by atoms with van der Waals surface area (Å²) >= 11 is 0. The van der Waals surface area contributed by atoms with Gasteiger partial charge in [0, 0.05) is 52.8 Å². The van der Waals surface area contributed by atoms with Crippen LogP contribution in [0.25, 0.3) is 0 Å². The number of ether oxygens (including phenoxy) is 1. The molecule has 7 nitrogen and oxygen atoms in total. The summed E-state index contributed by atoms with van der Waals surface area (Å²) in [4.78, 5) is 21.4. The highest BCUT2D eigenvalue weighted by Crippen LogP contribution is 2.21. The fraction of sp³-hybridized carbons (Fsp3) is 0.895. The molecule has 2 rings (SSSR count). The van der Waals surface area contributed by atoms with E-state index in [1.54, 1.807) is 14.2 Å². The number of rotatable bonds is 8. The minimum absolute atomic E-state index is 0.154. The van der Waals surface area contributed by atoms with Crippen LogP contribution in [0.1, 0.15) is 39.0 Å². The minimum atomic E-state index is 0.154. The van der Waals surface area contributed by atoms with Gasteiger partial charge in [-0.15, -0.1) is 0 Å². The van der Waals surface area contributed by atoms with Crippen molar-refractivity contribution >= 4 is 11.9 Å². The minimum Gasteiger partial charge on any atom is -0.383 e. The number of methoxy groups -OCH3 is 1. The Morgan fingerprint density at radius 1 is 1.23 bits per heavy atom. The van der Waals surface area contributed by atoms with E-state index in [-0.39, 0.29) is 5.91 Å². The van der Waals surface area contributed by atoms with E-state index in [4.69, 9.17) is 9.73 Å². The van der Waals surface area contributed by atoms with Gasteiger partial charge in [0.2, 0.25) is 5.91 Å². The molecule has 2 aliphatic heterocycles. The molecule has 26 heavy (non-hydrogen) atoms. The van der Waals surface area contributed by atoms with Crippen LogP contribution < -0.4 is 10.6 Å². The number of nitrogens with one attached hydrogen (secondary N) is 2. The highest BCUT2D eigenvalue weighted by molar-refractivity contribution is 5.80. The Morgan fingerprint density at radius 2 is 2.00 bits per heavy atom. The second kappa shape index (κ2) is 11.4. The van der Waals surface area contributed by atoms with Gasteiger partial charge in [-0.2, -0.15) is 0 Å². The molecule has 0 aromatic rings. The van der Waals surface area contributed by atoms with Gasteiger partial charge in [-0.25, -0.2) is 0 Å². The van der Waals surface area contributed by atoms with Crippen molar-refractivity contribution < 1.29 is 9.53 Å². The van der Waals surface area contributed by atoms with Gasteiger partial charge in [-0.1, -0.05) is 0 Å². The Morgan fingerprint density at radius 3 is 2.65 bits per heavy atom. The van der Waals surface area contributed by atoms with Crippen molar-refractivity contribution in [2.75, 3.05) is 60.0 Å². The van der Waals surface area contributed by atoms with Gasteiger partial charge in [-0.3, -0.25) is 14.7 Å². The average molecular weight is 368 g/mol. The van der Waals surface area contributed by atoms with Gasteiger partial charge >= 0.3 is 0 Å². The summed E-state index contributed by atoms with van der Waals surface area (Å²) in [5.41, 5.74) is 0. The van der Waals surface area contributed by atoms with Gasteiger partial charge < -0.3 is 20.3 Å². The molecule has 1 atom stereocenters. The van der Waals surface area contributed by atoms with E-state index in [1.807, 2.05) is 0 Å². The SMILES string of the molecule is CCNC(=NCC1CCCN1CCOC)N1CCC(CC(=O)NC)CC1. The molecule has 2 aliphatic rings. The Labute approximate surface area is 158 Å². The molecule has 2 heterocycles. The quantitative estimate of drug-likeness (QED) is 0.493. The molecule has 0 spiro atoms. The lowest BCUT2D eigenvalue weighted by molar-refractivity contribution is -0.121. The summed E-state index contributed by atoms with van der Waals surface area (Å²) in [5.74, 6) is 1.68. The summed E-state index contributed by atoms with van der Waals surface area (Å²) in [5, 5.41) is 6.19. The van der Waals surface area contributed by atoms with Crippen LogP contribution in [0.5, 0.6) is 0 Å². The summed E-state index contributed by atoms with van der Waals surface area (Å²) < 4.78 is 5.23. The number of aliphatic imine (C=N–C) groups is 1. The number of carbonyl (C=O) groups is 1. The van der Waals surface area contributed by atoms with Crippen LogP contribution in [0.4, 0.5) is 0 Å². The van der Waals surface area contributed by atoms with Crippen LogP contribution in [0.15, 0.2) is 4.99 Å². The number of hydrogen-bond acceptors (Lipinski definition) is 4. The Bertz CT molecular complexity index is 449. The zero-order chi connectivity index (χ0) is 18.8. The maximum atomic E-state index is 11.6. The lowest BCUT2D eigenvalue weighted by Gasteiger charge is -2.34. The fourth-order valence-electron chi connectivity index (χ4n) is 3.94. The van der Waals surface area contributed by atoms with Crippen molar-refractivity contribution in [2.45, 2.75) is 45.1 Å². The molecule has 1 amide bonds. The van der Waals surface area contributed by atoms with Crippen molar-refractivity contribution in [1.82, 2.24) is 20.4 Å². The van der Waals surface area contributed by atoms with Crippen LogP contribution in [-0.4, -0.2) is 87.7 Å². The predicted octanol–water partition coefficient (Wildman–Crippen LogP) is 0.911. The molecule has 0 aromatic heterocycles. The molecular formula is C19H37N5O2. The van der Waals surface area contributed by atoms with E-state index in [2.05, 4.69) is 27.4 Å². The molecule has 2 saturated heterocycles. The Balaban J connectivity index is 1.85. The average Bonchev–Trinajstić information content (AvgIpc) is 3.11. The van der Waals surface area contributed by atoms with Crippen LogP contribution in [0, 0.1) is 5.92 Å². The number of nitrogens with zero attached hydrogens (tertiary/aromatic N) is 3.